The molecule has 3 aromatic heterocycles. The lowest BCUT2D eigenvalue weighted by atomic mass is 9.99. The maximum Gasteiger partial charge on any atom is 0.267 e. The molecule has 0 radical (unpaired) electrons. The predicted molar refractivity (Wildman–Crippen MR) is 253 cm³/mol. The second-order valence-electron chi connectivity index (χ2n) is 16.3. The van der Waals surface area contributed by atoms with Crippen LogP contribution in [0.1, 0.15) is 32.8 Å². The SMILES string of the molecule is COc1ncc(-c2ccc3nccc(-c4ccnnc4)c3c2)cc1N(Cc1ccc(NC(=O)[C@H](C)NC(=O)C(NC(=O)CCOCCN2C(=O)C=CC2=O)C(C)C)cc1)S(=O)(=O)c1ccc(F)cc1F. The highest BCUT2D eigenvalue weighted by atomic mass is 32.2. The Kier molecular flexibility index (Phi) is 15.6. The van der Waals surface area contributed by atoms with Crippen LogP contribution < -0.4 is 25.0 Å². The minimum Gasteiger partial charge on any atom is -0.479 e. The Bertz CT molecular complexity index is 3070. The molecule has 6 aromatic rings. The van der Waals surface area contributed by atoms with Crippen molar-refractivity contribution in [3.63, 3.8) is 0 Å². The minimum absolute atomic E-state index is 0.0245. The number of imide groups is 1. The van der Waals surface area contributed by atoms with Gasteiger partial charge in [0.25, 0.3) is 21.8 Å². The summed E-state index contributed by atoms with van der Waals surface area (Å²) in [6.45, 7) is 4.51. The molecule has 0 spiro atoms. The molecular formula is C49H47F2N9O9S. The standard InChI is InChI=1S/C49H47F2N9O9S/c1-29(2)46(58-43(61)17-21-69-22-20-59-44(62)13-14-45(59)63)48(65)56-30(3)47(64)57-36-9-5-31(6-10-36)28-60(70(66,67)42-12-8-35(50)25-39(42)51)41-24-34(26-53-49(41)68-4)32-7-11-40-38(23-32)37(16-18-52-40)33-15-19-54-55-27-33/h5-16,18-19,23-27,29-30,46H,17,20-22,28H2,1-4H3,(H,56,65)(H,57,64)(H,58,61)/t30-,46?/m0/s1. The van der Waals surface area contributed by atoms with Crippen molar-refractivity contribution in [2.45, 2.75) is 50.7 Å². The molecule has 21 heteroatoms. The first-order valence-corrected chi connectivity index (χ1v) is 23.3. The number of anilines is 2. The van der Waals surface area contributed by atoms with Gasteiger partial charge in [0.1, 0.15) is 34.3 Å². The summed E-state index contributed by atoms with van der Waals surface area (Å²) in [6, 6.07) is 16.8. The Balaban J connectivity index is 1.06. The lowest BCUT2D eigenvalue weighted by molar-refractivity contribution is -0.138. The number of amides is 5. The molecule has 362 valence electrons. The number of fused-ring (bicyclic) bond motifs is 1. The molecule has 18 nitrogen and oxygen atoms in total. The third kappa shape index (κ3) is 11.6. The number of pyridine rings is 2. The number of aromatic nitrogens is 4. The molecule has 7 rings (SSSR count). The largest absolute Gasteiger partial charge is 0.479 e. The van der Waals surface area contributed by atoms with Crippen molar-refractivity contribution in [2.24, 2.45) is 5.92 Å². The molecule has 3 aromatic carbocycles. The van der Waals surface area contributed by atoms with Crippen molar-refractivity contribution in [3.05, 3.63) is 133 Å². The highest BCUT2D eigenvalue weighted by Crippen LogP contribution is 2.38. The second kappa shape index (κ2) is 21.9. The van der Waals surface area contributed by atoms with Crippen LogP contribution in [0.25, 0.3) is 33.2 Å². The number of nitrogens with one attached hydrogen (secondary N) is 3. The van der Waals surface area contributed by atoms with E-state index in [4.69, 9.17) is 9.47 Å². The summed E-state index contributed by atoms with van der Waals surface area (Å²) in [6.07, 6.45) is 8.59. The number of ether oxygens (including phenoxy) is 2. The highest BCUT2D eigenvalue weighted by molar-refractivity contribution is 7.92. The van der Waals surface area contributed by atoms with Gasteiger partial charge in [-0.05, 0) is 84.1 Å². The van der Waals surface area contributed by atoms with Crippen LogP contribution in [-0.4, -0.2) is 102 Å². The van der Waals surface area contributed by atoms with E-state index in [1.165, 1.54) is 50.6 Å². The van der Waals surface area contributed by atoms with Crippen LogP contribution in [-0.2, 0) is 45.3 Å². The molecular weight excluding hydrogens is 929 g/mol. The summed E-state index contributed by atoms with van der Waals surface area (Å²) in [4.78, 5) is 71.9. The molecule has 0 saturated heterocycles. The van der Waals surface area contributed by atoms with Gasteiger partial charge in [-0.15, -0.1) is 0 Å². The van der Waals surface area contributed by atoms with E-state index < -0.39 is 74.7 Å². The number of hydrogen-bond acceptors (Lipinski definition) is 13. The van der Waals surface area contributed by atoms with Crippen molar-refractivity contribution >= 4 is 61.8 Å². The molecule has 0 aliphatic carbocycles. The van der Waals surface area contributed by atoms with E-state index in [1.54, 1.807) is 44.6 Å². The molecule has 70 heavy (non-hydrogen) atoms. The van der Waals surface area contributed by atoms with Gasteiger partial charge in [-0.25, -0.2) is 22.2 Å². The van der Waals surface area contributed by atoms with E-state index in [2.05, 4.69) is 36.1 Å². The number of hydrogen-bond donors (Lipinski definition) is 3. The summed E-state index contributed by atoms with van der Waals surface area (Å²) >= 11 is 0. The van der Waals surface area contributed by atoms with Crippen LogP contribution >= 0.6 is 0 Å². The molecule has 1 aliphatic heterocycles. The lowest BCUT2D eigenvalue weighted by Crippen LogP contribution is -2.53. The van der Waals surface area contributed by atoms with E-state index in [-0.39, 0.29) is 49.4 Å². The molecule has 0 bridgehead atoms. The van der Waals surface area contributed by atoms with Gasteiger partial charge < -0.3 is 25.4 Å². The van der Waals surface area contributed by atoms with Crippen molar-refractivity contribution < 1.29 is 50.6 Å². The number of halogens is 2. The third-order valence-corrected chi connectivity index (χ3v) is 12.9. The first kappa shape index (κ1) is 49.9. The average Bonchev–Trinajstić information content (AvgIpc) is 3.67. The van der Waals surface area contributed by atoms with E-state index in [0.29, 0.717) is 28.3 Å². The minimum atomic E-state index is -4.81. The number of nitrogens with zero attached hydrogens (tertiary/aromatic N) is 6. The first-order valence-electron chi connectivity index (χ1n) is 21.8. The molecule has 1 aliphatic rings. The molecule has 0 saturated carbocycles. The summed E-state index contributed by atoms with van der Waals surface area (Å²) in [5.74, 6) is -5.37. The van der Waals surface area contributed by atoms with Gasteiger partial charge in [-0.1, -0.05) is 32.0 Å². The quantitative estimate of drug-likeness (QED) is 0.0648. The number of carbonyl (C=O) groups is 5. The Morgan fingerprint density at radius 3 is 2.23 bits per heavy atom. The molecule has 4 heterocycles. The van der Waals surface area contributed by atoms with Crippen LogP contribution in [0, 0.1) is 17.6 Å². The lowest BCUT2D eigenvalue weighted by Gasteiger charge is -2.26. The monoisotopic (exact) mass is 975 g/mol. The van der Waals surface area contributed by atoms with Gasteiger partial charge in [0.2, 0.25) is 23.6 Å². The fourth-order valence-corrected chi connectivity index (χ4v) is 8.89. The van der Waals surface area contributed by atoms with Crippen molar-refractivity contribution in [1.29, 1.82) is 0 Å². The number of carbonyl (C=O) groups excluding carboxylic acids is 5. The number of benzene rings is 3. The number of sulfonamides is 1. The molecule has 1 unspecified atom stereocenters. The maximum absolute atomic E-state index is 15.4. The fraction of sp³-hybridized carbons (Fsp3) is 0.245. The van der Waals surface area contributed by atoms with Crippen LogP contribution in [0.15, 0.2) is 121 Å². The Labute approximate surface area is 401 Å². The Morgan fingerprint density at radius 1 is 0.786 bits per heavy atom. The van der Waals surface area contributed by atoms with E-state index in [1.807, 2.05) is 18.2 Å². The van der Waals surface area contributed by atoms with Crippen LogP contribution in [0.4, 0.5) is 20.2 Å². The van der Waals surface area contributed by atoms with E-state index in [9.17, 15) is 36.8 Å². The van der Waals surface area contributed by atoms with Crippen molar-refractivity contribution in [2.75, 3.05) is 36.5 Å². The summed E-state index contributed by atoms with van der Waals surface area (Å²) in [5, 5.41) is 16.6. The molecule has 3 N–H and O–H groups in total. The van der Waals surface area contributed by atoms with Crippen LogP contribution in [0.3, 0.4) is 0 Å². The van der Waals surface area contributed by atoms with Gasteiger partial charge >= 0.3 is 0 Å². The van der Waals surface area contributed by atoms with Crippen LogP contribution in [0.2, 0.25) is 0 Å². The smallest absolute Gasteiger partial charge is 0.267 e. The van der Waals surface area contributed by atoms with Crippen molar-refractivity contribution in [3.8, 4) is 28.1 Å². The van der Waals surface area contributed by atoms with E-state index in [0.717, 1.165) is 50.0 Å². The van der Waals surface area contributed by atoms with Gasteiger partial charge in [0.05, 0.1) is 51.3 Å². The average molecular weight is 976 g/mol. The fourth-order valence-electron chi connectivity index (χ4n) is 7.40. The normalized spacial score (nSPS) is 13.3. The molecule has 5 amide bonds. The van der Waals surface area contributed by atoms with Crippen molar-refractivity contribution in [1.82, 2.24) is 35.7 Å². The second-order valence-corrected chi connectivity index (χ2v) is 18.1. The summed E-state index contributed by atoms with van der Waals surface area (Å²) in [7, 11) is -3.51. The third-order valence-electron chi connectivity index (χ3n) is 11.1. The van der Waals surface area contributed by atoms with Gasteiger partial charge in [0.15, 0.2) is 0 Å². The zero-order valence-corrected chi connectivity index (χ0v) is 39.1. The topological polar surface area (TPSA) is 232 Å². The Hall–Kier alpha value is -8.04. The summed E-state index contributed by atoms with van der Waals surface area (Å²) < 4.78 is 70.4. The Morgan fingerprint density at radius 2 is 1.54 bits per heavy atom. The first-order chi connectivity index (χ1) is 33.5. The van der Waals surface area contributed by atoms with Crippen LogP contribution in [0.5, 0.6) is 5.88 Å². The highest BCUT2D eigenvalue weighted by Gasteiger charge is 2.32. The van der Waals surface area contributed by atoms with Gasteiger partial charge in [0, 0.05) is 59.2 Å². The molecule has 0 fully saturated rings. The number of rotatable bonds is 20. The van der Waals surface area contributed by atoms with Gasteiger partial charge in [-0.3, -0.25) is 38.2 Å². The van der Waals surface area contributed by atoms with E-state index >= 15 is 4.39 Å². The number of methoxy groups -OCH3 is 1. The van der Waals surface area contributed by atoms with Gasteiger partial charge in [-0.2, -0.15) is 10.2 Å². The maximum atomic E-state index is 15.4. The summed E-state index contributed by atoms with van der Waals surface area (Å²) in [5.41, 5.74) is 3.99. The zero-order valence-electron chi connectivity index (χ0n) is 38.3. The predicted octanol–water partition coefficient (Wildman–Crippen LogP) is 5.35. The molecule has 2 atom stereocenters. The zero-order chi connectivity index (χ0) is 50.1.